The van der Waals surface area contributed by atoms with Gasteiger partial charge in [0.2, 0.25) is 0 Å². The molecule has 0 saturated heterocycles. The molecule has 0 N–H and O–H groups in total. The molecule has 0 fully saturated rings. The van der Waals surface area contributed by atoms with Crippen molar-refractivity contribution in [2.45, 2.75) is 0 Å². The van der Waals surface area contributed by atoms with Crippen LogP contribution in [0.1, 0.15) is 0 Å². The zero-order valence-corrected chi connectivity index (χ0v) is 16.0. The summed E-state index contributed by atoms with van der Waals surface area (Å²) < 4.78 is 7.17. The van der Waals surface area contributed by atoms with Crippen LogP contribution in [0.2, 0.25) is 5.02 Å². The summed E-state index contributed by atoms with van der Waals surface area (Å²) in [5.41, 5.74) is 3.25. The van der Waals surface area contributed by atoms with Crippen molar-refractivity contribution >= 4 is 66.7 Å². The predicted molar refractivity (Wildman–Crippen MR) is 114 cm³/mol. The molecule has 25 heavy (non-hydrogen) atoms. The Hall–Kier alpha value is -2.04. The van der Waals surface area contributed by atoms with Crippen LogP contribution < -0.4 is 0 Å². The minimum Gasteiger partial charge on any atom is -0.449 e. The average molecular weight is 455 g/mol. The van der Waals surface area contributed by atoms with Crippen LogP contribution in [0.4, 0.5) is 0 Å². The van der Waals surface area contributed by atoms with E-state index in [1.54, 1.807) is 0 Å². The number of fused-ring (bicyclic) bond motifs is 6. The van der Waals surface area contributed by atoms with E-state index in [0.717, 1.165) is 30.7 Å². The lowest BCUT2D eigenvalue weighted by Gasteiger charge is -2.08. The van der Waals surface area contributed by atoms with E-state index in [4.69, 9.17) is 16.0 Å². The summed E-state index contributed by atoms with van der Waals surface area (Å²) in [5.74, 6) is 0. The van der Waals surface area contributed by atoms with Crippen LogP contribution in [-0.4, -0.2) is 0 Å². The molecule has 1 aromatic heterocycles. The van der Waals surface area contributed by atoms with Gasteiger partial charge in [0, 0.05) is 43.9 Å². The van der Waals surface area contributed by atoms with Crippen molar-refractivity contribution in [3.8, 4) is 11.1 Å². The Kier molecular flexibility index (Phi) is 3.50. The zero-order chi connectivity index (χ0) is 17.0. The van der Waals surface area contributed by atoms with Crippen LogP contribution in [0.5, 0.6) is 0 Å². The first kappa shape index (κ1) is 15.2. The van der Waals surface area contributed by atoms with Crippen LogP contribution in [0, 0.1) is 3.77 Å². The first-order valence-corrected chi connectivity index (χ1v) is 9.47. The molecule has 0 aliphatic heterocycles. The summed E-state index contributed by atoms with van der Waals surface area (Å²) in [6.45, 7) is 0. The van der Waals surface area contributed by atoms with Crippen molar-refractivity contribution < 1.29 is 4.42 Å². The third kappa shape index (κ3) is 2.28. The summed E-state index contributed by atoms with van der Waals surface area (Å²) in [6.07, 6.45) is 0. The number of rotatable bonds is 1. The third-order valence-electron chi connectivity index (χ3n) is 4.64. The van der Waals surface area contributed by atoms with Gasteiger partial charge in [-0.3, -0.25) is 0 Å². The minimum absolute atomic E-state index is 0.738. The van der Waals surface area contributed by atoms with Gasteiger partial charge in [-0.05, 0) is 39.9 Å². The molecular formula is C22H12ClIO. The molecule has 3 heteroatoms. The first-order valence-electron chi connectivity index (χ1n) is 8.01. The summed E-state index contributed by atoms with van der Waals surface area (Å²) in [4.78, 5) is 0. The molecule has 0 atom stereocenters. The smallest absolute Gasteiger partial charge is 0.172 e. The van der Waals surface area contributed by atoms with E-state index in [-0.39, 0.29) is 0 Å². The van der Waals surface area contributed by atoms with E-state index in [2.05, 4.69) is 77.2 Å². The van der Waals surface area contributed by atoms with Crippen LogP contribution >= 0.6 is 34.2 Å². The normalized spacial score (nSPS) is 11.6. The zero-order valence-electron chi connectivity index (χ0n) is 13.1. The molecule has 0 unspecified atom stereocenters. The second-order valence-corrected chi connectivity index (χ2v) is 7.47. The van der Waals surface area contributed by atoms with Gasteiger partial charge in [-0.1, -0.05) is 66.2 Å². The highest BCUT2D eigenvalue weighted by atomic mass is 127. The quantitative estimate of drug-likeness (QED) is 0.187. The van der Waals surface area contributed by atoms with Gasteiger partial charge in [0.05, 0.1) is 0 Å². The Morgan fingerprint density at radius 1 is 0.720 bits per heavy atom. The molecule has 1 heterocycles. The third-order valence-corrected chi connectivity index (χ3v) is 5.64. The molecule has 5 rings (SSSR count). The van der Waals surface area contributed by atoms with Crippen LogP contribution in [-0.2, 0) is 0 Å². The Bertz CT molecular complexity index is 1260. The SMILES string of the molecule is Clc1ccc2c(c1)c1ccccc1c1c(-c3ccccc3)c(I)oc21. The Balaban J connectivity index is 2.08. The minimum atomic E-state index is 0.738. The summed E-state index contributed by atoms with van der Waals surface area (Å²) in [6, 6.07) is 24.9. The fraction of sp³-hybridized carbons (Fsp3) is 0. The Morgan fingerprint density at radius 3 is 2.24 bits per heavy atom. The molecule has 120 valence electrons. The summed E-state index contributed by atoms with van der Waals surface area (Å²) in [5, 5.41) is 6.51. The lowest BCUT2D eigenvalue weighted by molar-refractivity contribution is 0.588. The Morgan fingerprint density at radius 2 is 1.44 bits per heavy atom. The highest BCUT2D eigenvalue weighted by Gasteiger charge is 2.20. The van der Waals surface area contributed by atoms with Gasteiger partial charge in [0.25, 0.3) is 0 Å². The highest BCUT2D eigenvalue weighted by Crippen LogP contribution is 2.44. The molecule has 0 aliphatic rings. The van der Waals surface area contributed by atoms with Crippen LogP contribution in [0.15, 0.2) is 77.2 Å². The van der Waals surface area contributed by atoms with Gasteiger partial charge in [0.15, 0.2) is 3.77 Å². The van der Waals surface area contributed by atoms with Crippen molar-refractivity contribution in [2.75, 3.05) is 0 Å². The monoisotopic (exact) mass is 454 g/mol. The molecule has 5 aromatic rings. The number of benzene rings is 4. The Labute approximate surface area is 163 Å². The lowest BCUT2D eigenvalue weighted by Crippen LogP contribution is -1.83. The first-order chi connectivity index (χ1) is 12.2. The standard InChI is InChI=1S/C22H12ClIO/c23-14-10-11-17-18(12-14)15-8-4-5-9-16(15)20-19(22(24)25-21(17)20)13-6-2-1-3-7-13/h1-12H. The number of halogens is 2. The summed E-state index contributed by atoms with van der Waals surface area (Å²) in [7, 11) is 0. The summed E-state index contributed by atoms with van der Waals surface area (Å²) >= 11 is 8.57. The van der Waals surface area contributed by atoms with E-state index < -0.39 is 0 Å². The fourth-order valence-corrected chi connectivity index (χ4v) is 4.56. The molecular weight excluding hydrogens is 443 g/mol. The van der Waals surface area contributed by atoms with Gasteiger partial charge in [-0.25, -0.2) is 0 Å². The number of hydrogen-bond acceptors (Lipinski definition) is 1. The predicted octanol–water partition coefficient (Wildman–Crippen LogP) is 7.66. The fourth-order valence-electron chi connectivity index (χ4n) is 3.59. The maximum Gasteiger partial charge on any atom is 0.172 e. The molecule has 0 aliphatic carbocycles. The molecule has 4 aromatic carbocycles. The van der Waals surface area contributed by atoms with Gasteiger partial charge < -0.3 is 4.42 Å². The molecule has 0 radical (unpaired) electrons. The molecule has 1 nitrogen and oxygen atoms in total. The van der Waals surface area contributed by atoms with E-state index in [0.29, 0.717) is 0 Å². The van der Waals surface area contributed by atoms with Crippen molar-refractivity contribution in [2.24, 2.45) is 0 Å². The van der Waals surface area contributed by atoms with Crippen molar-refractivity contribution in [3.05, 3.63) is 81.6 Å². The van der Waals surface area contributed by atoms with Gasteiger partial charge in [0.1, 0.15) is 5.58 Å². The molecule has 0 saturated carbocycles. The van der Waals surface area contributed by atoms with Crippen molar-refractivity contribution in [3.63, 3.8) is 0 Å². The highest BCUT2D eigenvalue weighted by molar-refractivity contribution is 14.1. The second kappa shape index (κ2) is 5.75. The maximum absolute atomic E-state index is 6.27. The molecule has 0 amide bonds. The van der Waals surface area contributed by atoms with E-state index >= 15 is 0 Å². The van der Waals surface area contributed by atoms with Crippen LogP contribution in [0.3, 0.4) is 0 Å². The maximum atomic E-state index is 6.27. The van der Waals surface area contributed by atoms with Gasteiger partial charge in [-0.15, -0.1) is 0 Å². The van der Waals surface area contributed by atoms with E-state index in [9.17, 15) is 0 Å². The van der Waals surface area contributed by atoms with Crippen LogP contribution in [0.25, 0.3) is 43.6 Å². The number of hydrogen-bond donors (Lipinski definition) is 0. The second-order valence-electron chi connectivity index (χ2n) is 6.06. The van der Waals surface area contributed by atoms with E-state index in [1.807, 2.05) is 18.2 Å². The number of furan rings is 1. The topological polar surface area (TPSA) is 13.1 Å². The largest absolute Gasteiger partial charge is 0.449 e. The molecule has 0 spiro atoms. The van der Waals surface area contributed by atoms with E-state index in [1.165, 1.54) is 21.7 Å². The van der Waals surface area contributed by atoms with Crippen molar-refractivity contribution in [1.29, 1.82) is 0 Å². The van der Waals surface area contributed by atoms with Gasteiger partial charge >= 0.3 is 0 Å². The molecule has 0 bridgehead atoms. The van der Waals surface area contributed by atoms with Crippen molar-refractivity contribution in [1.82, 2.24) is 0 Å². The average Bonchev–Trinajstić information content (AvgIpc) is 3.00. The van der Waals surface area contributed by atoms with Gasteiger partial charge in [-0.2, -0.15) is 0 Å². The lowest BCUT2D eigenvalue weighted by atomic mass is 9.95.